The van der Waals surface area contributed by atoms with Gasteiger partial charge in [0.05, 0.1) is 18.3 Å². The summed E-state index contributed by atoms with van der Waals surface area (Å²) in [5.41, 5.74) is 0. The third-order valence-corrected chi connectivity index (χ3v) is 2.82. The van der Waals surface area contributed by atoms with Crippen molar-refractivity contribution in [2.45, 2.75) is 44.5 Å². The minimum absolute atomic E-state index is 0.112. The molecule has 0 aromatic heterocycles. The SMILES string of the molecule is CO[C@@H]1C=C[C@H](O)/C=C/C(=O)O[C@@H](C)CCC/C=C\1. The van der Waals surface area contributed by atoms with E-state index in [0.29, 0.717) is 0 Å². The van der Waals surface area contributed by atoms with Crippen LogP contribution in [-0.4, -0.2) is 36.5 Å². The smallest absolute Gasteiger partial charge is 0.330 e. The Balaban J connectivity index is 2.73. The quantitative estimate of drug-likeness (QED) is 0.583. The van der Waals surface area contributed by atoms with Gasteiger partial charge in [-0.05, 0) is 32.3 Å². The molecule has 0 unspecified atom stereocenters. The first-order chi connectivity index (χ1) is 9.11. The zero-order valence-electron chi connectivity index (χ0n) is 11.5. The molecule has 106 valence electrons. The number of cyclic esters (lactones) is 1. The van der Waals surface area contributed by atoms with Crippen molar-refractivity contribution in [1.82, 2.24) is 0 Å². The maximum Gasteiger partial charge on any atom is 0.330 e. The van der Waals surface area contributed by atoms with Gasteiger partial charge in [-0.1, -0.05) is 24.3 Å². The van der Waals surface area contributed by atoms with Gasteiger partial charge >= 0.3 is 5.97 Å². The van der Waals surface area contributed by atoms with E-state index in [0.717, 1.165) is 19.3 Å². The Kier molecular flexibility index (Phi) is 7.15. The summed E-state index contributed by atoms with van der Waals surface area (Å²) in [4.78, 5) is 11.4. The summed E-state index contributed by atoms with van der Waals surface area (Å²) in [7, 11) is 1.62. The lowest BCUT2D eigenvalue weighted by atomic mass is 10.1. The van der Waals surface area contributed by atoms with Crippen LogP contribution < -0.4 is 0 Å². The van der Waals surface area contributed by atoms with Crippen LogP contribution in [0.2, 0.25) is 0 Å². The first-order valence-corrected chi connectivity index (χ1v) is 6.56. The number of carbonyl (C=O) groups is 1. The van der Waals surface area contributed by atoms with Gasteiger partial charge in [0.25, 0.3) is 0 Å². The topological polar surface area (TPSA) is 55.8 Å². The van der Waals surface area contributed by atoms with Gasteiger partial charge in [-0.2, -0.15) is 0 Å². The van der Waals surface area contributed by atoms with Gasteiger partial charge in [-0.3, -0.25) is 0 Å². The monoisotopic (exact) mass is 266 g/mol. The van der Waals surface area contributed by atoms with Crippen molar-refractivity contribution >= 4 is 5.97 Å². The average molecular weight is 266 g/mol. The van der Waals surface area contributed by atoms with Gasteiger partial charge in [0.15, 0.2) is 0 Å². The molecule has 1 aliphatic heterocycles. The summed E-state index contributed by atoms with van der Waals surface area (Å²) >= 11 is 0. The highest BCUT2D eigenvalue weighted by atomic mass is 16.5. The molecule has 0 spiro atoms. The number of esters is 1. The summed E-state index contributed by atoms with van der Waals surface area (Å²) in [5.74, 6) is -0.421. The molecular formula is C15H22O4. The van der Waals surface area contributed by atoms with Crippen LogP contribution in [-0.2, 0) is 14.3 Å². The molecule has 1 N–H and O–H groups in total. The molecular weight excluding hydrogens is 244 g/mol. The molecule has 3 atom stereocenters. The number of ether oxygens (including phenoxy) is 2. The Labute approximate surface area is 114 Å². The van der Waals surface area contributed by atoms with E-state index in [4.69, 9.17) is 9.47 Å². The molecule has 1 aliphatic rings. The minimum atomic E-state index is -0.822. The van der Waals surface area contributed by atoms with Crippen LogP contribution in [0.25, 0.3) is 0 Å². The molecule has 0 fully saturated rings. The van der Waals surface area contributed by atoms with Gasteiger partial charge in [-0.25, -0.2) is 4.79 Å². The van der Waals surface area contributed by atoms with Crippen molar-refractivity contribution in [3.8, 4) is 0 Å². The summed E-state index contributed by atoms with van der Waals surface area (Å²) in [5, 5.41) is 9.65. The van der Waals surface area contributed by atoms with E-state index >= 15 is 0 Å². The Bertz CT molecular complexity index is 357. The van der Waals surface area contributed by atoms with Gasteiger partial charge < -0.3 is 14.6 Å². The summed E-state index contributed by atoms with van der Waals surface area (Å²) < 4.78 is 10.4. The predicted molar refractivity (Wildman–Crippen MR) is 73.6 cm³/mol. The third-order valence-electron chi connectivity index (χ3n) is 2.82. The number of aliphatic hydroxyl groups excluding tert-OH is 1. The highest BCUT2D eigenvalue weighted by molar-refractivity contribution is 5.82. The number of hydrogen-bond donors (Lipinski definition) is 1. The van der Waals surface area contributed by atoms with Crippen molar-refractivity contribution in [3.05, 3.63) is 36.5 Å². The molecule has 0 radical (unpaired) electrons. The lowest BCUT2D eigenvalue weighted by Gasteiger charge is -2.12. The second-order valence-corrected chi connectivity index (χ2v) is 4.54. The molecule has 0 aromatic carbocycles. The standard InChI is InChI=1S/C15H22O4/c1-12-6-4-3-5-7-14(18-2)10-8-13(16)9-11-15(17)19-12/h5,7-14,16H,3-4,6H2,1-2H3/b7-5-,10-8?,11-9+/t12-,13-,14-/m0/s1. The molecule has 0 bridgehead atoms. The zero-order chi connectivity index (χ0) is 14.1. The molecule has 19 heavy (non-hydrogen) atoms. The van der Waals surface area contributed by atoms with Crippen LogP contribution in [0.3, 0.4) is 0 Å². The lowest BCUT2D eigenvalue weighted by molar-refractivity contribution is -0.142. The molecule has 1 rings (SSSR count). The number of methoxy groups -OCH3 is 1. The number of allylic oxidation sites excluding steroid dienone is 1. The van der Waals surface area contributed by atoms with Crippen molar-refractivity contribution in [3.63, 3.8) is 0 Å². The maximum atomic E-state index is 11.4. The average Bonchev–Trinajstić information content (AvgIpc) is 2.38. The second kappa shape index (κ2) is 8.67. The third kappa shape index (κ3) is 6.94. The first-order valence-electron chi connectivity index (χ1n) is 6.56. The van der Waals surface area contributed by atoms with Gasteiger partial charge in [-0.15, -0.1) is 0 Å². The summed E-state index contributed by atoms with van der Waals surface area (Å²) in [6.45, 7) is 1.87. The first kappa shape index (κ1) is 15.7. The predicted octanol–water partition coefficient (Wildman–Crippen LogP) is 2.15. The van der Waals surface area contributed by atoms with E-state index in [9.17, 15) is 9.90 Å². The fourth-order valence-electron chi connectivity index (χ4n) is 1.74. The highest BCUT2D eigenvalue weighted by Crippen LogP contribution is 2.08. The van der Waals surface area contributed by atoms with Crippen LogP contribution in [0.4, 0.5) is 0 Å². The van der Waals surface area contributed by atoms with Gasteiger partial charge in [0.1, 0.15) is 0 Å². The number of aliphatic hydroxyl groups is 1. The highest BCUT2D eigenvalue weighted by Gasteiger charge is 2.07. The van der Waals surface area contributed by atoms with Gasteiger partial charge in [0, 0.05) is 13.2 Å². The van der Waals surface area contributed by atoms with E-state index < -0.39 is 12.1 Å². The van der Waals surface area contributed by atoms with E-state index in [-0.39, 0.29) is 12.2 Å². The molecule has 0 saturated heterocycles. The number of hydrogen-bond acceptors (Lipinski definition) is 4. The van der Waals surface area contributed by atoms with E-state index in [2.05, 4.69) is 0 Å². The van der Waals surface area contributed by atoms with Crippen LogP contribution in [0.15, 0.2) is 36.5 Å². The van der Waals surface area contributed by atoms with E-state index in [1.165, 1.54) is 12.2 Å². The van der Waals surface area contributed by atoms with E-state index in [1.54, 1.807) is 19.3 Å². The van der Waals surface area contributed by atoms with E-state index in [1.807, 2.05) is 19.1 Å². The molecule has 0 aromatic rings. The Morgan fingerprint density at radius 1 is 1.32 bits per heavy atom. The fraction of sp³-hybridized carbons (Fsp3) is 0.533. The maximum absolute atomic E-state index is 11.4. The molecule has 0 amide bonds. The second-order valence-electron chi connectivity index (χ2n) is 4.54. The number of carbonyl (C=O) groups excluding carboxylic acids is 1. The lowest BCUT2D eigenvalue weighted by Crippen LogP contribution is -2.13. The number of rotatable bonds is 1. The summed E-state index contributed by atoms with van der Waals surface area (Å²) in [6, 6.07) is 0. The minimum Gasteiger partial charge on any atom is -0.460 e. The van der Waals surface area contributed by atoms with Crippen LogP contribution in [0, 0.1) is 0 Å². The van der Waals surface area contributed by atoms with Crippen molar-refractivity contribution in [2.75, 3.05) is 7.11 Å². The molecule has 4 nitrogen and oxygen atoms in total. The van der Waals surface area contributed by atoms with Crippen molar-refractivity contribution < 1.29 is 19.4 Å². The van der Waals surface area contributed by atoms with Crippen molar-refractivity contribution in [1.29, 1.82) is 0 Å². The fourth-order valence-corrected chi connectivity index (χ4v) is 1.74. The van der Waals surface area contributed by atoms with Crippen LogP contribution in [0.5, 0.6) is 0 Å². The normalized spacial score (nSPS) is 33.2. The molecule has 4 heteroatoms. The Morgan fingerprint density at radius 3 is 2.84 bits per heavy atom. The van der Waals surface area contributed by atoms with Crippen molar-refractivity contribution in [2.24, 2.45) is 0 Å². The summed E-state index contributed by atoms with van der Waals surface area (Å²) in [6.07, 6.45) is 11.6. The van der Waals surface area contributed by atoms with Crippen LogP contribution >= 0.6 is 0 Å². The Hall–Kier alpha value is -1.39. The molecule has 0 aliphatic carbocycles. The van der Waals surface area contributed by atoms with Crippen LogP contribution in [0.1, 0.15) is 26.2 Å². The zero-order valence-corrected chi connectivity index (χ0v) is 11.5. The van der Waals surface area contributed by atoms with Gasteiger partial charge in [0.2, 0.25) is 0 Å². The molecule has 1 heterocycles. The Morgan fingerprint density at radius 2 is 2.11 bits per heavy atom. The largest absolute Gasteiger partial charge is 0.460 e. The molecule has 0 saturated carbocycles.